The predicted octanol–water partition coefficient (Wildman–Crippen LogP) is 4.32. The first-order valence-corrected chi connectivity index (χ1v) is 9.07. The van der Waals surface area contributed by atoms with E-state index in [0.29, 0.717) is 5.69 Å². The third kappa shape index (κ3) is 4.19. The normalized spacial score (nSPS) is 11.1. The van der Waals surface area contributed by atoms with E-state index in [0.717, 1.165) is 21.8 Å². The molecule has 0 saturated carbocycles. The van der Waals surface area contributed by atoms with Crippen molar-refractivity contribution in [2.24, 2.45) is 10.8 Å². The SMILES string of the molecule is Cc1ccc(-c2csc(-c3cccc(N/N=C(\C#N)C(=N)N)c3)n2)cc1C. The van der Waals surface area contributed by atoms with Crippen molar-refractivity contribution in [3.05, 3.63) is 59.0 Å². The highest BCUT2D eigenvalue weighted by Gasteiger charge is 2.08. The standard InChI is InChI=1S/C20H18N6S/c1-12-6-7-14(8-13(12)2)18-11-27-20(24-18)15-4-3-5-16(9-15)25-26-17(10-21)19(22)23/h3-9,11,25H,1-2H3,(H3,22,23)/b26-17+. The van der Waals surface area contributed by atoms with Crippen LogP contribution < -0.4 is 11.2 Å². The molecule has 7 heteroatoms. The first-order chi connectivity index (χ1) is 13.0. The molecule has 0 radical (unpaired) electrons. The van der Waals surface area contributed by atoms with E-state index in [9.17, 15) is 0 Å². The van der Waals surface area contributed by atoms with Gasteiger partial charge in [0, 0.05) is 16.5 Å². The summed E-state index contributed by atoms with van der Waals surface area (Å²) in [5.74, 6) is -0.376. The fraction of sp³-hybridized carbons (Fsp3) is 0.100. The lowest BCUT2D eigenvalue weighted by Crippen LogP contribution is -2.21. The Hall–Kier alpha value is -3.50. The second-order valence-electron chi connectivity index (χ2n) is 6.02. The van der Waals surface area contributed by atoms with Gasteiger partial charge in [0.25, 0.3) is 0 Å². The molecule has 6 nitrogen and oxygen atoms in total. The van der Waals surface area contributed by atoms with Crippen LogP contribution in [0.15, 0.2) is 52.9 Å². The number of thiazole rings is 1. The monoisotopic (exact) mass is 374 g/mol. The molecule has 0 aliphatic rings. The summed E-state index contributed by atoms with van der Waals surface area (Å²) in [4.78, 5) is 4.75. The molecule has 4 N–H and O–H groups in total. The number of anilines is 1. The Balaban J connectivity index is 1.86. The van der Waals surface area contributed by atoms with Crippen LogP contribution in [0.1, 0.15) is 11.1 Å². The first-order valence-electron chi connectivity index (χ1n) is 8.19. The van der Waals surface area contributed by atoms with Gasteiger partial charge in [-0.25, -0.2) is 4.98 Å². The molecule has 0 aliphatic carbocycles. The van der Waals surface area contributed by atoms with Gasteiger partial charge in [-0.05, 0) is 43.2 Å². The Labute approximate surface area is 161 Å². The number of aryl methyl sites for hydroxylation is 2. The average Bonchev–Trinajstić information content (AvgIpc) is 3.15. The Bertz CT molecular complexity index is 1070. The van der Waals surface area contributed by atoms with Crippen molar-refractivity contribution in [1.29, 1.82) is 10.7 Å². The van der Waals surface area contributed by atoms with Crippen molar-refractivity contribution in [3.8, 4) is 27.9 Å². The molecule has 0 unspecified atom stereocenters. The fourth-order valence-electron chi connectivity index (χ4n) is 2.43. The van der Waals surface area contributed by atoms with Crippen LogP contribution >= 0.6 is 11.3 Å². The van der Waals surface area contributed by atoms with Gasteiger partial charge in [0.15, 0.2) is 5.84 Å². The van der Waals surface area contributed by atoms with E-state index < -0.39 is 0 Å². The molecule has 0 aliphatic heterocycles. The second kappa shape index (κ2) is 7.81. The summed E-state index contributed by atoms with van der Waals surface area (Å²) < 4.78 is 0. The van der Waals surface area contributed by atoms with Crippen molar-refractivity contribution in [1.82, 2.24) is 4.98 Å². The number of hydrogen-bond donors (Lipinski definition) is 3. The molecule has 27 heavy (non-hydrogen) atoms. The molecule has 134 valence electrons. The molecule has 1 aromatic heterocycles. The molecule has 0 fully saturated rings. The number of hydrogen-bond acceptors (Lipinski definition) is 6. The second-order valence-corrected chi connectivity index (χ2v) is 6.87. The van der Waals surface area contributed by atoms with E-state index in [1.807, 2.05) is 29.6 Å². The summed E-state index contributed by atoms with van der Waals surface area (Å²) in [5, 5.41) is 23.0. The van der Waals surface area contributed by atoms with E-state index in [1.54, 1.807) is 17.4 Å². The maximum absolute atomic E-state index is 8.90. The van der Waals surface area contributed by atoms with Crippen LogP contribution in [0, 0.1) is 30.6 Å². The lowest BCUT2D eigenvalue weighted by molar-refractivity contribution is 1.32. The Kier molecular flexibility index (Phi) is 5.29. The van der Waals surface area contributed by atoms with Gasteiger partial charge in [0.2, 0.25) is 5.71 Å². The number of benzene rings is 2. The van der Waals surface area contributed by atoms with Gasteiger partial charge in [-0.2, -0.15) is 10.4 Å². The van der Waals surface area contributed by atoms with Crippen LogP contribution in [0.3, 0.4) is 0 Å². The summed E-state index contributed by atoms with van der Waals surface area (Å²) in [6.07, 6.45) is 0. The molecule has 1 heterocycles. The Morgan fingerprint density at radius 1 is 1.19 bits per heavy atom. The number of nitrogens with two attached hydrogens (primary N) is 1. The van der Waals surface area contributed by atoms with E-state index in [4.69, 9.17) is 21.4 Å². The highest BCUT2D eigenvalue weighted by Crippen LogP contribution is 2.30. The zero-order valence-corrected chi connectivity index (χ0v) is 15.8. The average molecular weight is 374 g/mol. The molecule has 0 bridgehead atoms. The van der Waals surface area contributed by atoms with Crippen molar-refractivity contribution in [2.75, 3.05) is 5.43 Å². The minimum Gasteiger partial charge on any atom is -0.382 e. The molecule has 0 spiro atoms. The highest BCUT2D eigenvalue weighted by atomic mass is 32.1. The number of nitriles is 1. The van der Waals surface area contributed by atoms with Crippen LogP contribution in [0.5, 0.6) is 0 Å². The quantitative estimate of drug-likeness (QED) is 0.351. The van der Waals surface area contributed by atoms with Gasteiger partial charge in [0.1, 0.15) is 11.1 Å². The largest absolute Gasteiger partial charge is 0.382 e. The summed E-state index contributed by atoms with van der Waals surface area (Å²) in [6, 6.07) is 15.7. The van der Waals surface area contributed by atoms with Crippen molar-refractivity contribution in [3.63, 3.8) is 0 Å². The molecule has 3 aromatic rings. The van der Waals surface area contributed by atoms with Gasteiger partial charge in [-0.3, -0.25) is 10.8 Å². The molecule has 2 aromatic carbocycles. The molecule has 0 amide bonds. The van der Waals surface area contributed by atoms with E-state index in [1.165, 1.54) is 11.1 Å². The smallest absolute Gasteiger partial charge is 0.201 e. The third-order valence-electron chi connectivity index (χ3n) is 4.07. The van der Waals surface area contributed by atoms with Crippen molar-refractivity contribution < 1.29 is 0 Å². The predicted molar refractivity (Wildman–Crippen MR) is 111 cm³/mol. The summed E-state index contributed by atoms with van der Waals surface area (Å²) in [5.41, 5.74) is 14.1. The maximum atomic E-state index is 8.90. The fourth-order valence-corrected chi connectivity index (χ4v) is 3.25. The lowest BCUT2D eigenvalue weighted by Gasteiger charge is -2.04. The van der Waals surface area contributed by atoms with Crippen LogP contribution in [0.25, 0.3) is 21.8 Å². The number of hydrazone groups is 1. The lowest BCUT2D eigenvalue weighted by atomic mass is 10.1. The van der Waals surface area contributed by atoms with Gasteiger partial charge < -0.3 is 5.73 Å². The number of amidine groups is 1. The van der Waals surface area contributed by atoms with E-state index in [-0.39, 0.29) is 11.5 Å². The molecular weight excluding hydrogens is 356 g/mol. The summed E-state index contributed by atoms with van der Waals surface area (Å²) in [6.45, 7) is 4.19. The van der Waals surface area contributed by atoms with Crippen LogP contribution in [-0.4, -0.2) is 16.5 Å². The number of nitrogens with zero attached hydrogens (tertiary/aromatic N) is 3. The summed E-state index contributed by atoms with van der Waals surface area (Å²) in [7, 11) is 0. The third-order valence-corrected chi connectivity index (χ3v) is 4.97. The zero-order chi connectivity index (χ0) is 19.4. The topological polar surface area (TPSA) is 111 Å². The Morgan fingerprint density at radius 3 is 2.70 bits per heavy atom. The van der Waals surface area contributed by atoms with Gasteiger partial charge >= 0.3 is 0 Å². The van der Waals surface area contributed by atoms with Gasteiger partial charge in [-0.15, -0.1) is 11.3 Å². The Morgan fingerprint density at radius 2 is 2.00 bits per heavy atom. The van der Waals surface area contributed by atoms with Crippen molar-refractivity contribution >= 4 is 28.6 Å². The van der Waals surface area contributed by atoms with E-state index in [2.05, 4.69) is 42.6 Å². The van der Waals surface area contributed by atoms with Gasteiger partial charge in [0.05, 0.1) is 11.4 Å². The summed E-state index contributed by atoms with van der Waals surface area (Å²) >= 11 is 1.57. The van der Waals surface area contributed by atoms with Crippen LogP contribution in [0.4, 0.5) is 5.69 Å². The number of rotatable bonds is 5. The minimum absolute atomic E-state index is 0.160. The molecule has 3 rings (SSSR count). The van der Waals surface area contributed by atoms with Gasteiger partial charge in [-0.1, -0.05) is 24.3 Å². The molecular formula is C20H18N6S. The van der Waals surface area contributed by atoms with Crippen LogP contribution in [0.2, 0.25) is 0 Å². The first kappa shape index (κ1) is 18.3. The molecule has 0 saturated heterocycles. The zero-order valence-electron chi connectivity index (χ0n) is 14.9. The van der Waals surface area contributed by atoms with E-state index >= 15 is 0 Å². The van der Waals surface area contributed by atoms with Crippen LogP contribution in [-0.2, 0) is 0 Å². The highest BCUT2D eigenvalue weighted by molar-refractivity contribution is 7.13. The maximum Gasteiger partial charge on any atom is 0.201 e. The minimum atomic E-state index is -0.376. The molecule has 0 atom stereocenters. The number of nitrogens with one attached hydrogen (secondary N) is 2. The van der Waals surface area contributed by atoms with Crippen molar-refractivity contribution in [2.45, 2.75) is 13.8 Å². The number of aromatic nitrogens is 1.